The lowest BCUT2D eigenvalue weighted by molar-refractivity contribution is 0.589. The summed E-state index contributed by atoms with van der Waals surface area (Å²) in [5.74, 6) is 0. The molecule has 0 amide bonds. The summed E-state index contributed by atoms with van der Waals surface area (Å²) >= 11 is 5.50. The Morgan fingerprint density at radius 2 is 1.36 bits per heavy atom. The van der Waals surface area contributed by atoms with Crippen LogP contribution in [0.1, 0.15) is 0 Å². The zero-order chi connectivity index (χ0) is 11.0. The predicted molar refractivity (Wildman–Crippen MR) is 53.4 cm³/mol. The summed E-state index contributed by atoms with van der Waals surface area (Å²) in [7, 11) is -4.43. The van der Waals surface area contributed by atoms with Crippen LogP contribution in [0.25, 0.3) is 0 Å². The van der Waals surface area contributed by atoms with Crippen LogP contribution >= 0.6 is 22.3 Å². The van der Waals surface area contributed by atoms with Crippen molar-refractivity contribution in [2.45, 2.75) is 4.90 Å². The normalized spacial score (nSPS) is 12.7. The van der Waals surface area contributed by atoms with Gasteiger partial charge in [0, 0.05) is 15.7 Å². The maximum Gasteiger partial charge on any atom is 0.342 e. The van der Waals surface area contributed by atoms with E-state index in [4.69, 9.17) is 22.3 Å². The highest BCUT2D eigenvalue weighted by Crippen LogP contribution is 2.21. The van der Waals surface area contributed by atoms with Crippen LogP contribution in [0.4, 0.5) is 0 Å². The third-order valence-electron chi connectivity index (χ3n) is 1.36. The second kappa shape index (κ2) is 3.69. The van der Waals surface area contributed by atoms with E-state index in [2.05, 4.69) is 0 Å². The van der Waals surface area contributed by atoms with Gasteiger partial charge in [-0.3, -0.25) is 0 Å². The number of rotatable bonds is 2. The van der Waals surface area contributed by atoms with Gasteiger partial charge in [0.2, 0.25) is 0 Å². The first-order valence-electron chi connectivity index (χ1n) is 3.20. The Balaban J connectivity index is 3.40. The SMILES string of the molecule is O=S(=O)(Cl)S(=O)(=O)c1ccc(Cl)cc1. The molecule has 1 aromatic rings. The monoisotopic (exact) mass is 274 g/mol. The molecule has 8 heteroatoms. The summed E-state index contributed by atoms with van der Waals surface area (Å²) in [4.78, 5) is -0.406. The fourth-order valence-corrected chi connectivity index (χ4v) is 3.22. The molecule has 0 fully saturated rings. The second-order valence-corrected chi connectivity index (χ2v) is 9.30. The van der Waals surface area contributed by atoms with Gasteiger partial charge in [0.25, 0.3) is 8.87 Å². The van der Waals surface area contributed by atoms with Crippen molar-refractivity contribution >= 4 is 39.2 Å². The van der Waals surface area contributed by atoms with Gasteiger partial charge >= 0.3 is 8.08 Å². The average molecular weight is 275 g/mol. The highest BCUT2D eigenvalue weighted by atomic mass is 35.8. The average Bonchev–Trinajstić information content (AvgIpc) is 2.03. The van der Waals surface area contributed by atoms with Crippen LogP contribution in [-0.2, 0) is 17.0 Å². The molecular formula is C6H4Cl2O4S2. The van der Waals surface area contributed by atoms with Gasteiger partial charge in [-0.1, -0.05) is 11.6 Å². The van der Waals surface area contributed by atoms with Crippen LogP contribution in [0.3, 0.4) is 0 Å². The molecule has 1 aromatic carbocycles. The molecule has 0 aliphatic heterocycles. The van der Waals surface area contributed by atoms with E-state index in [1.807, 2.05) is 0 Å². The summed E-state index contributed by atoms with van der Waals surface area (Å²) in [6, 6.07) is 4.65. The Kier molecular flexibility index (Phi) is 3.10. The second-order valence-electron chi connectivity index (χ2n) is 2.30. The first-order valence-corrected chi connectivity index (χ1v) is 7.89. The molecule has 4 nitrogen and oxygen atoms in total. The van der Waals surface area contributed by atoms with Gasteiger partial charge in [-0.25, -0.2) is 8.42 Å². The van der Waals surface area contributed by atoms with Gasteiger partial charge in [-0.2, -0.15) is 8.42 Å². The highest BCUT2D eigenvalue weighted by Gasteiger charge is 2.29. The quantitative estimate of drug-likeness (QED) is 0.607. The standard InChI is InChI=1S/C6H4Cl2O4S2/c7-5-1-3-6(4-2-5)13(9,10)14(8,11)12/h1-4H. The number of halogens is 2. The number of benzene rings is 1. The fourth-order valence-electron chi connectivity index (χ4n) is 0.716. The van der Waals surface area contributed by atoms with Crippen LogP contribution in [0, 0.1) is 0 Å². The molecule has 0 bridgehead atoms. The Bertz CT molecular complexity index is 530. The smallest absolute Gasteiger partial charge is 0.206 e. The van der Waals surface area contributed by atoms with Gasteiger partial charge in [-0.15, -0.1) is 0 Å². The van der Waals surface area contributed by atoms with E-state index in [0.717, 1.165) is 12.1 Å². The van der Waals surface area contributed by atoms with E-state index >= 15 is 0 Å². The third kappa shape index (κ3) is 2.20. The van der Waals surface area contributed by atoms with Gasteiger partial charge in [0.15, 0.2) is 0 Å². The van der Waals surface area contributed by atoms with E-state index < -0.39 is 21.8 Å². The van der Waals surface area contributed by atoms with Gasteiger partial charge in [0.1, 0.15) is 0 Å². The minimum atomic E-state index is -4.67. The first kappa shape index (κ1) is 11.8. The molecule has 0 aliphatic rings. The Morgan fingerprint density at radius 3 is 1.71 bits per heavy atom. The van der Waals surface area contributed by atoms with Crippen molar-refractivity contribution < 1.29 is 16.8 Å². The molecule has 1 rings (SSSR count). The summed E-state index contributed by atoms with van der Waals surface area (Å²) in [6.07, 6.45) is 0. The molecule has 0 saturated heterocycles. The van der Waals surface area contributed by atoms with E-state index in [9.17, 15) is 16.8 Å². The maximum atomic E-state index is 11.2. The predicted octanol–water partition coefficient (Wildman–Crippen LogP) is 1.60. The lowest BCUT2D eigenvalue weighted by Crippen LogP contribution is -2.09. The van der Waals surface area contributed by atoms with Crippen molar-refractivity contribution in [3.63, 3.8) is 0 Å². The van der Waals surface area contributed by atoms with Crippen LogP contribution in [0.5, 0.6) is 0 Å². The fraction of sp³-hybridized carbons (Fsp3) is 0. The summed E-state index contributed by atoms with van der Waals surface area (Å²) in [5.41, 5.74) is 0. The summed E-state index contributed by atoms with van der Waals surface area (Å²) < 4.78 is 43.8. The van der Waals surface area contributed by atoms with Crippen molar-refractivity contribution in [2.75, 3.05) is 0 Å². The van der Waals surface area contributed by atoms with Crippen molar-refractivity contribution in [3.8, 4) is 0 Å². The molecule has 0 atom stereocenters. The molecule has 78 valence electrons. The maximum absolute atomic E-state index is 11.2. The van der Waals surface area contributed by atoms with E-state index in [-0.39, 0.29) is 0 Å². The Labute approximate surface area is 90.2 Å². The van der Waals surface area contributed by atoms with Crippen LogP contribution in [-0.4, -0.2) is 16.8 Å². The molecule has 0 spiro atoms. The van der Waals surface area contributed by atoms with Crippen molar-refractivity contribution in [3.05, 3.63) is 29.3 Å². The van der Waals surface area contributed by atoms with E-state index in [0.29, 0.717) is 5.02 Å². The number of hydrogen-bond acceptors (Lipinski definition) is 4. The minimum Gasteiger partial charge on any atom is -0.206 e. The first-order chi connectivity index (χ1) is 6.25. The lowest BCUT2D eigenvalue weighted by Gasteiger charge is -1.99. The van der Waals surface area contributed by atoms with Crippen molar-refractivity contribution in [2.24, 2.45) is 0 Å². The van der Waals surface area contributed by atoms with Gasteiger partial charge in [-0.05, 0) is 24.3 Å². The van der Waals surface area contributed by atoms with E-state index in [1.54, 1.807) is 0 Å². The van der Waals surface area contributed by atoms with Gasteiger partial charge < -0.3 is 0 Å². The summed E-state index contributed by atoms with van der Waals surface area (Å²) in [5, 5.41) is 0.302. The molecule has 0 aliphatic carbocycles. The van der Waals surface area contributed by atoms with Crippen molar-refractivity contribution in [1.29, 1.82) is 0 Å². The van der Waals surface area contributed by atoms with Crippen molar-refractivity contribution in [1.82, 2.24) is 0 Å². The molecular weight excluding hydrogens is 271 g/mol. The Hall–Kier alpha value is -0.300. The lowest BCUT2D eigenvalue weighted by atomic mass is 10.4. The molecule has 0 aromatic heterocycles. The number of hydrogen-bond donors (Lipinski definition) is 0. The molecule has 0 radical (unpaired) electrons. The largest absolute Gasteiger partial charge is 0.342 e. The highest BCUT2D eigenvalue weighted by molar-refractivity contribution is 8.75. The van der Waals surface area contributed by atoms with Crippen LogP contribution in [0.2, 0.25) is 5.02 Å². The van der Waals surface area contributed by atoms with Crippen LogP contribution < -0.4 is 0 Å². The minimum absolute atomic E-state index is 0.302. The van der Waals surface area contributed by atoms with Gasteiger partial charge in [0.05, 0.1) is 4.90 Å². The molecule has 14 heavy (non-hydrogen) atoms. The molecule has 0 saturated carbocycles. The zero-order valence-electron chi connectivity index (χ0n) is 6.51. The molecule has 0 heterocycles. The third-order valence-corrected chi connectivity index (χ3v) is 6.63. The zero-order valence-corrected chi connectivity index (χ0v) is 9.66. The molecule has 0 unspecified atom stereocenters. The van der Waals surface area contributed by atoms with Crippen LogP contribution in [0.15, 0.2) is 29.2 Å². The molecule has 0 N–H and O–H groups in total. The van der Waals surface area contributed by atoms with E-state index in [1.165, 1.54) is 12.1 Å². The summed E-state index contributed by atoms with van der Waals surface area (Å²) in [6.45, 7) is 0. The Morgan fingerprint density at radius 1 is 0.929 bits per heavy atom. The topological polar surface area (TPSA) is 68.3 Å².